The van der Waals surface area contributed by atoms with E-state index in [2.05, 4.69) is 5.32 Å². The lowest BCUT2D eigenvalue weighted by molar-refractivity contribution is -0.116. The lowest BCUT2D eigenvalue weighted by Crippen LogP contribution is -2.37. The van der Waals surface area contributed by atoms with E-state index in [0.717, 1.165) is 16.7 Å². The van der Waals surface area contributed by atoms with Crippen molar-refractivity contribution in [2.24, 2.45) is 0 Å². The van der Waals surface area contributed by atoms with Crippen LogP contribution < -0.4 is 10.1 Å². The Labute approximate surface area is 189 Å². The van der Waals surface area contributed by atoms with E-state index in [0.29, 0.717) is 18.0 Å². The minimum atomic E-state index is -3.92. The fourth-order valence-corrected chi connectivity index (χ4v) is 4.77. The van der Waals surface area contributed by atoms with E-state index in [1.807, 2.05) is 69.3 Å². The van der Waals surface area contributed by atoms with Crippen molar-refractivity contribution in [3.63, 3.8) is 0 Å². The zero-order valence-electron chi connectivity index (χ0n) is 18.5. The summed E-state index contributed by atoms with van der Waals surface area (Å²) in [5.41, 5.74) is 3.34. The molecule has 168 valence electrons. The molecule has 7 heteroatoms. The Kier molecular flexibility index (Phi) is 7.66. The average molecular weight is 453 g/mol. The van der Waals surface area contributed by atoms with Gasteiger partial charge in [-0.2, -0.15) is 4.31 Å². The van der Waals surface area contributed by atoms with Crippen molar-refractivity contribution < 1.29 is 17.9 Å². The minimum absolute atomic E-state index is 0.0799. The van der Waals surface area contributed by atoms with Gasteiger partial charge in [0.15, 0.2) is 0 Å². The van der Waals surface area contributed by atoms with Crippen LogP contribution in [0, 0.1) is 13.8 Å². The first-order valence-corrected chi connectivity index (χ1v) is 11.9. The molecule has 1 amide bonds. The van der Waals surface area contributed by atoms with Crippen molar-refractivity contribution in [3.05, 3.63) is 89.5 Å². The fraction of sp³-hybridized carbons (Fsp3) is 0.240. The Bertz CT molecular complexity index is 1140. The van der Waals surface area contributed by atoms with E-state index in [4.69, 9.17) is 4.74 Å². The van der Waals surface area contributed by atoms with E-state index < -0.39 is 15.9 Å². The van der Waals surface area contributed by atoms with Gasteiger partial charge in [0.25, 0.3) is 0 Å². The van der Waals surface area contributed by atoms with Crippen LogP contribution in [0.3, 0.4) is 0 Å². The number of benzene rings is 3. The third kappa shape index (κ3) is 5.75. The van der Waals surface area contributed by atoms with E-state index >= 15 is 0 Å². The number of nitrogens with one attached hydrogen (secondary N) is 1. The second kappa shape index (κ2) is 10.4. The van der Waals surface area contributed by atoms with E-state index in [-0.39, 0.29) is 18.0 Å². The summed E-state index contributed by atoms with van der Waals surface area (Å²) in [5.74, 6) is 0.196. The number of amides is 1. The van der Waals surface area contributed by atoms with Crippen molar-refractivity contribution in [2.75, 3.05) is 18.5 Å². The van der Waals surface area contributed by atoms with Crippen LogP contribution >= 0.6 is 0 Å². The molecule has 0 fully saturated rings. The Morgan fingerprint density at radius 3 is 2.12 bits per heavy atom. The first-order valence-electron chi connectivity index (χ1n) is 10.4. The number of anilines is 1. The second-order valence-corrected chi connectivity index (χ2v) is 9.42. The standard InChI is InChI=1S/C25H28N2O4S/c1-4-31-22-13-15-23(16-14-22)32(29,30)27(17-21-11-6-5-7-12-21)18-24(28)26-25-19(2)9-8-10-20(25)3/h5-16H,4,17-18H2,1-3H3,(H,26,28). The molecule has 0 bridgehead atoms. The summed E-state index contributed by atoms with van der Waals surface area (Å²) in [5, 5.41) is 2.88. The zero-order valence-corrected chi connectivity index (χ0v) is 19.4. The van der Waals surface area contributed by atoms with Crippen molar-refractivity contribution in [3.8, 4) is 5.75 Å². The molecule has 3 aromatic carbocycles. The summed E-state index contributed by atoms with van der Waals surface area (Å²) in [6.07, 6.45) is 0. The Morgan fingerprint density at radius 1 is 0.906 bits per heavy atom. The Morgan fingerprint density at radius 2 is 1.53 bits per heavy atom. The molecular weight excluding hydrogens is 424 g/mol. The summed E-state index contributed by atoms with van der Waals surface area (Å²) >= 11 is 0. The predicted octanol–water partition coefficient (Wildman–Crippen LogP) is 4.53. The summed E-state index contributed by atoms with van der Waals surface area (Å²) in [6.45, 7) is 5.93. The fourth-order valence-electron chi connectivity index (χ4n) is 3.39. The molecule has 3 aromatic rings. The number of carbonyl (C=O) groups excluding carboxylic acids is 1. The lowest BCUT2D eigenvalue weighted by atomic mass is 10.1. The number of sulfonamides is 1. The average Bonchev–Trinajstić information content (AvgIpc) is 2.77. The van der Waals surface area contributed by atoms with Gasteiger partial charge in [0.2, 0.25) is 15.9 Å². The number of aryl methyl sites for hydroxylation is 2. The van der Waals surface area contributed by atoms with Gasteiger partial charge in [0, 0.05) is 12.2 Å². The van der Waals surface area contributed by atoms with E-state index in [9.17, 15) is 13.2 Å². The maximum Gasteiger partial charge on any atom is 0.243 e. The number of rotatable bonds is 9. The molecule has 0 aliphatic carbocycles. The third-order valence-corrected chi connectivity index (χ3v) is 6.85. The molecule has 0 aromatic heterocycles. The zero-order chi connectivity index (χ0) is 23.1. The van der Waals surface area contributed by atoms with Crippen molar-refractivity contribution >= 4 is 21.6 Å². The van der Waals surface area contributed by atoms with Crippen molar-refractivity contribution in [2.45, 2.75) is 32.2 Å². The van der Waals surface area contributed by atoms with Crippen LogP contribution in [0.25, 0.3) is 0 Å². The van der Waals surface area contributed by atoms with E-state index in [1.165, 1.54) is 16.4 Å². The van der Waals surface area contributed by atoms with Gasteiger partial charge in [-0.3, -0.25) is 4.79 Å². The monoisotopic (exact) mass is 452 g/mol. The summed E-state index contributed by atoms with van der Waals surface area (Å²) in [4.78, 5) is 13.0. The smallest absolute Gasteiger partial charge is 0.243 e. The molecule has 32 heavy (non-hydrogen) atoms. The van der Waals surface area contributed by atoms with Crippen LogP contribution in [0.15, 0.2) is 77.7 Å². The number of ether oxygens (including phenoxy) is 1. The van der Waals surface area contributed by atoms with Gasteiger partial charge in [-0.25, -0.2) is 8.42 Å². The molecule has 0 saturated carbocycles. The minimum Gasteiger partial charge on any atom is -0.494 e. The first-order chi connectivity index (χ1) is 15.3. The number of para-hydroxylation sites is 1. The summed E-state index contributed by atoms with van der Waals surface area (Å²) in [7, 11) is -3.92. The summed E-state index contributed by atoms with van der Waals surface area (Å²) < 4.78 is 33.5. The highest BCUT2D eigenvalue weighted by Crippen LogP contribution is 2.23. The van der Waals surface area contributed by atoms with Crippen molar-refractivity contribution in [1.29, 1.82) is 0 Å². The maximum absolute atomic E-state index is 13.4. The Hall–Kier alpha value is -3.16. The van der Waals surface area contributed by atoms with Crippen molar-refractivity contribution in [1.82, 2.24) is 4.31 Å². The van der Waals surface area contributed by atoms with Gasteiger partial charge in [0.1, 0.15) is 5.75 Å². The van der Waals surface area contributed by atoms with Crippen LogP contribution in [-0.2, 0) is 21.4 Å². The lowest BCUT2D eigenvalue weighted by Gasteiger charge is -2.23. The molecule has 0 spiro atoms. The highest BCUT2D eigenvalue weighted by Gasteiger charge is 2.27. The number of hydrogen-bond donors (Lipinski definition) is 1. The van der Waals surface area contributed by atoms with Crippen LogP contribution in [0.1, 0.15) is 23.6 Å². The maximum atomic E-state index is 13.4. The molecule has 0 saturated heterocycles. The number of carbonyl (C=O) groups is 1. The molecule has 0 aliphatic rings. The molecule has 0 unspecified atom stereocenters. The molecule has 1 N–H and O–H groups in total. The van der Waals surface area contributed by atoms with Crippen LogP contribution in [0.2, 0.25) is 0 Å². The quantitative estimate of drug-likeness (QED) is 0.518. The van der Waals surface area contributed by atoms with E-state index in [1.54, 1.807) is 12.1 Å². The largest absolute Gasteiger partial charge is 0.494 e. The molecular formula is C25H28N2O4S. The van der Waals surface area contributed by atoms with Crippen LogP contribution in [0.5, 0.6) is 5.75 Å². The predicted molar refractivity (Wildman–Crippen MR) is 126 cm³/mol. The first kappa shape index (κ1) is 23.5. The Balaban J connectivity index is 1.88. The second-order valence-electron chi connectivity index (χ2n) is 7.48. The highest BCUT2D eigenvalue weighted by molar-refractivity contribution is 7.89. The normalized spacial score (nSPS) is 11.4. The van der Waals surface area contributed by atoms with Gasteiger partial charge in [-0.05, 0) is 61.7 Å². The molecule has 0 heterocycles. The topological polar surface area (TPSA) is 75.7 Å². The molecule has 0 atom stereocenters. The summed E-state index contributed by atoms with van der Waals surface area (Å²) in [6, 6.07) is 21.2. The van der Waals surface area contributed by atoms with Gasteiger partial charge in [-0.1, -0.05) is 48.5 Å². The molecule has 3 rings (SSSR count). The molecule has 6 nitrogen and oxygen atoms in total. The SMILES string of the molecule is CCOc1ccc(S(=O)(=O)N(CC(=O)Nc2c(C)cccc2C)Cc2ccccc2)cc1. The van der Waals surface area contributed by atoms with Gasteiger partial charge < -0.3 is 10.1 Å². The van der Waals surface area contributed by atoms with Gasteiger partial charge >= 0.3 is 0 Å². The van der Waals surface area contributed by atoms with Gasteiger partial charge in [0.05, 0.1) is 18.0 Å². The van der Waals surface area contributed by atoms with Crippen LogP contribution in [-0.4, -0.2) is 31.8 Å². The number of hydrogen-bond acceptors (Lipinski definition) is 4. The van der Waals surface area contributed by atoms with Gasteiger partial charge in [-0.15, -0.1) is 0 Å². The molecule has 0 radical (unpaired) electrons. The number of nitrogens with zero attached hydrogens (tertiary/aromatic N) is 1. The molecule has 0 aliphatic heterocycles. The third-order valence-electron chi connectivity index (χ3n) is 5.04. The van der Waals surface area contributed by atoms with Crippen LogP contribution in [0.4, 0.5) is 5.69 Å². The highest BCUT2D eigenvalue weighted by atomic mass is 32.2.